The summed E-state index contributed by atoms with van der Waals surface area (Å²) in [6.07, 6.45) is 4.90. The number of thioether (sulfide) groups is 1. The van der Waals surface area contributed by atoms with E-state index in [-0.39, 0.29) is 18.6 Å². The van der Waals surface area contributed by atoms with Crippen LogP contribution in [0.15, 0.2) is 27.9 Å². The molecule has 0 saturated heterocycles. The van der Waals surface area contributed by atoms with Gasteiger partial charge in [-0.25, -0.2) is 9.78 Å². The molecule has 30 heavy (non-hydrogen) atoms. The van der Waals surface area contributed by atoms with Crippen molar-refractivity contribution in [3.8, 4) is 0 Å². The van der Waals surface area contributed by atoms with E-state index >= 15 is 0 Å². The fourth-order valence-electron chi connectivity index (χ4n) is 3.75. The molecule has 0 aliphatic heterocycles. The number of hydrogen-bond donors (Lipinski definition) is 1. The molecular weight excluding hydrogens is 402 g/mol. The van der Waals surface area contributed by atoms with Crippen LogP contribution in [0.4, 0.5) is 0 Å². The first-order valence-corrected chi connectivity index (χ1v) is 11.3. The van der Waals surface area contributed by atoms with Crippen molar-refractivity contribution < 1.29 is 18.8 Å². The van der Waals surface area contributed by atoms with Crippen LogP contribution in [0.3, 0.4) is 0 Å². The molecule has 0 spiro atoms. The van der Waals surface area contributed by atoms with E-state index in [0.29, 0.717) is 28.2 Å². The third-order valence-electron chi connectivity index (χ3n) is 5.91. The number of nitrogens with zero attached hydrogens (tertiary/aromatic N) is 2. The Hall–Kier alpha value is -2.35. The Labute approximate surface area is 181 Å². The van der Waals surface area contributed by atoms with Gasteiger partial charge in [-0.05, 0) is 44.2 Å². The maximum absolute atomic E-state index is 12.6. The lowest BCUT2D eigenvalue weighted by molar-refractivity contribution is -0.125. The fourth-order valence-corrected chi connectivity index (χ4v) is 4.89. The Balaban J connectivity index is 1.56. The number of amides is 1. The van der Waals surface area contributed by atoms with Crippen LogP contribution in [0.5, 0.6) is 0 Å². The van der Waals surface area contributed by atoms with Crippen LogP contribution >= 0.6 is 11.8 Å². The summed E-state index contributed by atoms with van der Waals surface area (Å²) in [7, 11) is 0. The van der Waals surface area contributed by atoms with Crippen molar-refractivity contribution in [2.45, 2.75) is 63.8 Å². The minimum atomic E-state index is -0.551. The zero-order chi connectivity index (χ0) is 21.7. The molecule has 162 valence electrons. The Bertz CT molecular complexity index is 879. The van der Waals surface area contributed by atoms with Gasteiger partial charge in [-0.3, -0.25) is 4.79 Å². The SMILES string of the molecule is Cc1noc(C)c1CSc1ncccc1C(=O)OCC(=O)N[C@@H]1CCC[C@@H](C)[C@H]1C. The van der Waals surface area contributed by atoms with Crippen molar-refractivity contribution in [3.63, 3.8) is 0 Å². The molecule has 1 N–H and O–H groups in total. The molecule has 3 rings (SSSR count). The average molecular weight is 432 g/mol. The molecule has 7 nitrogen and oxygen atoms in total. The summed E-state index contributed by atoms with van der Waals surface area (Å²) in [4.78, 5) is 29.2. The topological polar surface area (TPSA) is 94.3 Å². The van der Waals surface area contributed by atoms with Crippen LogP contribution in [0.2, 0.25) is 0 Å². The predicted octanol–water partition coefficient (Wildman–Crippen LogP) is 4.08. The third-order valence-corrected chi connectivity index (χ3v) is 6.94. The molecule has 0 unspecified atom stereocenters. The molecule has 1 aliphatic rings. The summed E-state index contributed by atoms with van der Waals surface area (Å²) in [6, 6.07) is 3.48. The van der Waals surface area contributed by atoms with E-state index < -0.39 is 5.97 Å². The van der Waals surface area contributed by atoms with Gasteiger partial charge in [0.2, 0.25) is 0 Å². The Morgan fingerprint density at radius 2 is 2.10 bits per heavy atom. The monoisotopic (exact) mass is 431 g/mol. The maximum atomic E-state index is 12.6. The van der Waals surface area contributed by atoms with Crippen molar-refractivity contribution in [2.24, 2.45) is 11.8 Å². The van der Waals surface area contributed by atoms with Gasteiger partial charge in [-0.15, -0.1) is 11.8 Å². The lowest BCUT2D eigenvalue weighted by Gasteiger charge is -2.34. The normalized spacial score (nSPS) is 21.3. The Morgan fingerprint density at radius 1 is 1.30 bits per heavy atom. The van der Waals surface area contributed by atoms with Crippen molar-refractivity contribution in [3.05, 3.63) is 40.9 Å². The highest BCUT2D eigenvalue weighted by Crippen LogP contribution is 2.30. The number of aryl methyl sites for hydroxylation is 2. The first-order chi connectivity index (χ1) is 14.4. The molecule has 1 amide bonds. The summed E-state index contributed by atoms with van der Waals surface area (Å²) >= 11 is 1.41. The standard InChI is InChI=1S/C22H29N3O4S/c1-13-7-5-9-19(14(13)2)24-20(26)11-28-22(27)17-8-6-10-23-21(17)30-12-18-15(3)25-29-16(18)4/h6,8,10,13-14,19H,5,7,9,11-12H2,1-4H3,(H,24,26)/t13-,14-,19-/m1/s1. The highest BCUT2D eigenvalue weighted by atomic mass is 32.2. The van der Waals surface area contributed by atoms with Gasteiger partial charge in [0.25, 0.3) is 5.91 Å². The summed E-state index contributed by atoms with van der Waals surface area (Å²) < 4.78 is 10.5. The molecule has 8 heteroatoms. The number of aromatic nitrogens is 2. The quantitative estimate of drug-likeness (QED) is 0.521. The van der Waals surface area contributed by atoms with E-state index in [9.17, 15) is 9.59 Å². The summed E-state index contributed by atoms with van der Waals surface area (Å²) in [5, 5.41) is 7.52. The van der Waals surface area contributed by atoms with Gasteiger partial charge in [-0.2, -0.15) is 0 Å². The van der Waals surface area contributed by atoms with Crippen LogP contribution < -0.4 is 5.32 Å². The average Bonchev–Trinajstić information content (AvgIpc) is 3.05. The lowest BCUT2D eigenvalue weighted by Crippen LogP contribution is -2.45. The summed E-state index contributed by atoms with van der Waals surface area (Å²) in [5.41, 5.74) is 2.16. The van der Waals surface area contributed by atoms with Crippen LogP contribution in [-0.2, 0) is 15.3 Å². The smallest absolute Gasteiger partial charge is 0.341 e. The molecule has 2 aromatic rings. The van der Waals surface area contributed by atoms with E-state index in [2.05, 4.69) is 29.3 Å². The minimum Gasteiger partial charge on any atom is -0.452 e. The molecule has 1 fully saturated rings. The maximum Gasteiger partial charge on any atom is 0.341 e. The minimum absolute atomic E-state index is 0.138. The van der Waals surface area contributed by atoms with E-state index in [1.807, 2.05) is 13.8 Å². The van der Waals surface area contributed by atoms with Gasteiger partial charge in [0.05, 0.1) is 11.3 Å². The number of ether oxygens (including phenoxy) is 1. The van der Waals surface area contributed by atoms with Gasteiger partial charge in [0, 0.05) is 23.6 Å². The molecule has 1 aliphatic carbocycles. The van der Waals surface area contributed by atoms with Crippen molar-refractivity contribution in [1.82, 2.24) is 15.5 Å². The molecule has 0 aromatic carbocycles. The summed E-state index contributed by atoms with van der Waals surface area (Å²) in [5.74, 6) is 1.52. The predicted molar refractivity (Wildman–Crippen MR) is 114 cm³/mol. The third kappa shape index (κ3) is 5.41. The molecule has 1 saturated carbocycles. The van der Waals surface area contributed by atoms with Crippen molar-refractivity contribution >= 4 is 23.6 Å². The summed E-state index contributed by atoms with van der Waals surface area (Å²) in [6.45, 7) is 7.83. The highest BCUT2D eigenvalue weighted by Gasteiger charge is 2.28. The number of rotatable bonds is 7. The van der Waals surface area contributed by atoms with Crippen LogP contribution in [-0.4, -0.2) is 34.7 Å². The zero-order valence-electron chi connectivity index (χ0n) is 17.9. The van der Waals surface area contributed by atoms with E-state index in [1.54, 1.807) is 18.3 Å². The lowest BCUT2D eigenvalue weighted by atomic mass is 9.78. The fraction of sp³-hybridized carbons (Fsp3) is 0.545. The number of nitrogens with one attached hydrogen (secondary N) is 1. The number of esters is 1. The molecular formula is C22H29N3O4S. The van der Waals surface area contributed by atoms with Gasteiger partial charge < -0.3 is 14.6 Å². The van der Waals surface area contributed by atoms with Crippen LogP contribution in [0, 0.1) is 25.7 Å². The van der Waals surface area contributed by atoms with Gasteiger partial charge >= 0.3 is 5.97 Å². The number of pyridine rings is 1. The number of carbonyl (C=O) groups excluding carboxylic acids is 2. The highest BCUT2D eigenvalue weighted by molar-refractivity contribution is 7.98. The van der Waals surface area contributed by atoms with Gasteiger partial charge in [0.15, 0.2) is 6.61 Å². The first kappa shape index (κ1) is 22.3. The van der Waals surface area contributed by atoms with E-state index in [4.69, 9.17) is 9.26 Å². The second kappa shape index (κ2) is 10.1. The van der Waals surface area contributed by atoms with Crippen LogP contribution in [0.1, 0.15) is 60.5 Å². The van der Waals surface area contributed by atoms with E-state index in [1.165, 1.54) is 18.2 Å². The van der Waals surface area contributed by atoms with Crippen LogP contribution in [0.25, 0.3) is 0 Å². The van der Waals surface area contributed by atoms with Crippen molar-refractivity contribution in [2.75, 3.05) is 6.61 Å². The number of hydrogen-bond acceptors (Lipinski definition) is 7. The Kier molecular flexibility index (Phi) is 7.53. The van der Waals surface area contributed by atoms with E-state index in [0.717, 1.165) is 29.9 Å². The zero-order valence-corrected chi connectivity index (χ0v) is 18.8. The molecule has 0 radical (unpaired) electrons. The molecule has 2 heterocycles. The first-order valence-electron chi connectivity index (χ1n) is 10.3. The number of carbonyl (C=O) groups is 2. The van der Waals surface area contributed by atoms with Gasteiger partial charge in [0.1, 0.15) is 10.8 Å². The van der Waals surface area contributed by atoms with Crippen molar-refractivity contribution in [1.29, 1.82) is 0 Å². The second-order valence-corrected chi connectivity index (χ2v) is 8.93. The molecule has 0 bridgehead atoms. The molecule has 3 atom stereocenters. The largest absolute Gasteiger partial charge is 0.452 e. The molecule has 2 aromatic heterocycles. The Morgan fingerprint density at radius 3 is 2.83 bits per heavy atom. The second-order valence-electron chi connectivity index (χ2n) is 7.96. The van der Waals surface area contributed by atoms with Gasteiger partial charge in [-0.1, -0.05) is 31.8 Å².